The smallest absolute Gasteiger partial charge is 0.271 e. The number of imidazole rings is 1. The minimum atomic E-state index is -0.0671. The van der Waals surface area contributed by atoms with Crippen molar-refractivity contribution < 1.29 is 6.22 Å². The number of aromatic nitrogens is 2. The second kappa shape index (κ2) is 1.83. The molecule has 0 saturated heterocycles. The van der Waals surface area contributed by atoms with Gasteiger partial charge in [-0.1, -0.05) is 0 Å². The van der Waals surface area contributed by atoms with Crippen LogP contribution in [0, 0.1) is 0 Å². The zero-order valence-corrected chi connectivity index (χ0v) is 5.35. The average molecular weight is 139 g/mol. The van der Waals surface area contributed by atoms with Crippen LogP contribution in [0.15, 0.2) is 6.33 Å². The van der Waals surface area contributed by atoms with Crippen molar-refractivity contribution in [3.8, 4) is 0 Å². The van der Waals surface area contributed by atoms with Crippen molar-refractivity contribution in [2.24, 2.45) is 0 Å². The van der Waals surface area contributed by atoms with Crippen LogP contribution in [0.25, 0.3) is 0 Å². The van der Waals surface area contributed by atoms with Gasteiger partial charge in [-0.05, 0) is 0 Å². The van der Waals surface area contributed by atoms with Gasteiger partial charge in [0.25, 0.3) is 5.91 Å². The molecule has 0 fully saturated rings. The molecule has 0 unspecified atom stereocenters. The Labute approximate surface area is 59.1 Å². The summed E-state index contributed by atoms with van der Waals surface area (Å²) in [4.78, 5) is 17.7. The van der Waals surface area contributed by atoms with Crippen molar-refractivity contribution >= 4 is 5.91 Å². The van der Waals surface area contributed by atoms with Crippen LogP contribution in [0.2, 0.25) is 0 Å². The van der Waals surface area contributed by atoms with E-state index in [1.54, 1.807) is 6.33 Å². The zero-order valence-electron chi connectivity index (χ0n) is 5.35. The van der Waals surface area contributed by atoms with Crippen molar-refractivity contribution in [2.75, 3.05) is 6.54 Å². The van der Waals surface area contributed by atoms with Crippen LogP contribution < -0.4 is 5.32 Å². The van der Waals surface area contributed by atoms with Gasteiger partial charge in [0, 0.05) is 20.1 Å². The third kappa shape index (κ3) is 0.618. The molecule has 4 heteroatoms. The van der Waals surface area contributed by atoms with E-state index in [4.69, 9.17) is 0 Å². The standard InChI is InChI=1S/C6H7N3O.H2/c10-6-5-4(1-2-7-6)8-3-9-5;/h3H,1-2H2,(H,7,10)(H,8,9);1H. The van der Waals surface area contributed by atoms with Crippen LogP contribution in [0.1, 0.15) is 17.6 Å². The highest BCUT2D eigenvalue weighted by Crippen LogP contribution is 2.06. The number of hydrogen-bond donors (Lipinski definition) is 2. The monoisotopic (exact) mass is 139 g/mol. The molecule has 0 atom stereocenters. The number of rotatable bonds is 0. The number of hydrogen-bond acceptors (Lipinski definition) is 2. The van der Waals surface area contributed by atoms with Crippen LogP contribution >= 0.6 is 0 Å². The quantitative estimate of drug-likeness (QED) is 0.529. The van der Waals surface area contributed by atoms with Gasteiger partial charge in [-0.2, -0.15) is 0 Å². The Hall–Kier alpha value is -1.32. The first-order valence-corrected chi connectivity index (χ1v) is 3.18. The minimum Gasteiger partial charge on any atom is -0.350 e. The topological polar surface area (TPSA) is 57.8 Å². The fourth-order valence-electron chi connectivity index (χ4n) is 1.09. The van der Waals surface area contributed by atoms with Gasteiger partial charge in [0.1, 0.15) is 5.69 Å². The Morgan fingerprint density at radius 2 is 2.60 bits per heavy atom. The molecule has 0 aliphatic carbocycles. The molecule has 0 bridgehead atoms. The van der Waals surface area contributed by atoms with Crippen LogP contribution in [0.4, 0.5) is 0 Å². The van der Waals surface area contributed by atoms with Crippen LogP contribution in [-0.2, 0) is 6.42 Å². The summed E-state index contributed by atoms with van der Waals surface area (Å²) in [7, 11) is 0. The lowest BCUT2D eigenvalue weighted by Crippen LogP contribution is -2.31. The number of carbonyl (C=O) groups is 1. The summed E-state index contributed by atoms with van der Waals surface area (Å²) in [6.07, 6.45) is 2.41. The number of H-pyrrole nitrogens is 1. The van der Waals surface area contributed by atoms with Gasteiger partial charge in [-0.3, -0.25) is 4.79 Å². The molecule has 2 heterocycles. The molecule has 2 rings (SSSR count). The van der Waals surface area contributed by atoms with Crippen molar-refractivity contribution in [1.82, 2.24) is 15.3 Å². The Kier molecular flexibility index (Phi) is 1.00. The second-order valence-corrected chi connectivity index (χ2v) is 2.24. The van der Waals surface area contributed by atoms with Crippen molar-refractivity contribution in [1.29, 1.82) is 0 Å². The lowest BCUT2D eigenvalue weighted by molar-refractivity contribution is 0.0941. The van der Waals surface area contributed by atoms with E-state index in [0.717, 1.165) is 12.1 Å². The summed E-state index contributed by atoms with van der Waals surface area (Å²) >= 11 is 0. The number of amides is 1. The molecule has 10 heavy (non-hydrogen) atoms. The van der Waals surface area contributed by atoms with E-state index in [2.05, 4.69) is 15.3 Å². The van der Waals surface area contributed by atoms with Gasteiger partial charge >= 0.3 is 0 Å². The maximum atomic E-state index is 11.0. The Morgan fingerprint density at radius 1 is 1.70 bits per heavy atom. The van der Waals surface area contributed by atoms with E-state index in [9.17, 15) is 4.79 Å². The number of fused-ring (bicyclic) bond motifs is 1. The highest BCUT2D eigenvalue weighted by atomic mass is 16.1. The maximum Gasteiger partial charge on any atom is 0.271 e. The third-order valence-electron chi connectivity index (χ3n) is 1.59. The number of aromatic amines is 1. The van der Waals surface area contributed by atoms with Gasteiger partial charge < -0.3 is 10.3 Å². The molecule has 0 saturated carbocycles. The molecule has 1 aromatic heterocycles. The lowest BCUT2D eigenvalue weighted by Gasteiger charge is -2.09. The predicted octanol–water partition coefficient (Wildman–Crippen LogP) is -0.0584. The summed E-state index contributed by atoms with van der Waals surface area (Å²) in [6, 6.07) is 0. The Bertz CT molecular complexity index is 271. The largest absolute Gasteiger partial charge is 0.350 e. The SMILES string of the molecule is O=C1NCCc2[nH]cnc21.[HH]. The first-order valence-electron chi connectivity index (χ1n) is 3.18. The van der Waals surface area contributed by atoms with E-state index >= 15 is 0 Å². The summed E-state index contributed by atoms with van der Waals surface area (Å²) < 4.78 is 0. The summed E-state index contributed by atoms with van der Waals surface area (Å²) in [5.74, 6) is -0.0671. The van der Waals surface area contributed by atoms with Gasteiger partial charge in [-0.25, -0.2) is 4.98 Å². The van der Waals surface area contributed by atoms with E-state index in [1.807, 2.05) is 0 Å². The zero-order chi connectivity index (χ0) is 6.97. The molecular formula is C6H9N3O. The van der Waals surface area contributed by atoms with E-state index < -0.39 is 0 Å². The van der Waals surface area contributed by atoms with Gasteiger partial charge in [0.05, 0.1) is 6.33 Å². The van der Waals surface area contributed by atoms with Crippen LogP contribution in [-0.4, -0.2) is 22.4 Å². The Balaban J connectivity index is 0.000000605. The third-order valence-corrected chi connectivity index (χ3v) is 1.59. The van der Waals surface area contributed by atoms with E-state index in [0.29, 0.717) is 12.2 Å². The highest BCUT2D eigenvalue weighted by Gasteiger charge is 2.17. The minimum absolute atomic E-state index is 0. The number of nitrogens with zero attached hydrogens (tertiary/aromatic N) is 1. The van der Waals surface area contributed by atoms with Crippen molar-refractivity contribution in [3.05, 3.63) is 17.7 Å². The predicted molar refractivity (Wildman–Crippen MR) is 36.7 cm³/mol. The average Bonchev–Trinajstić information content (AvgIpc) is 2.36. The first-order chi connectivity index (χ1) is 4.88. The highest BCUT2D eigenvalue weighted by molar-refractivity contribution is 5.94. The van der Waals surface area contributed by atoms with Crippen LogP contribution in [0.5, 0.6) is 0 Å². The van der Waals surface area contributed by atoms with Gasteiger partial charge in [0.15, 0.2) is 0 Å². The summed E-state index contributed by atoms with van der Waals surface area (Å²) in [6.45, 7) is 0.716. The van der Waals surface area contributed by atoms with Gasteiger partial charge in [-0.15, -0.1) is 0 Å². The molecule has 1 aliphatic heterocycles. The van der Waals surface area contributed by atoms with E-state index in [-0.39, 0.29) is 7.33 Å². The molecule has 1 aromatic rings. The molecule has 0 aromatic carbocycles. The normalized spacial score (nSPS) is 16.2. The molecule has 4 nitrogen and oxygen atoms in total. The molecule has 0 spiro atoms. The van der Waals surface area contributed by atoms with Crippen LogP contribution in [0.3, 0.4) is 0 Å². The fraction of sp³-hybridized carbons (Fsp3) is 0.333. The molecule has 2 N–H and O–H groups in total. The second-order valence-electron chi connectivity index (χ2n) is 2.24. The first kappa shape index (κ1) is 5.46. The summed E-state index contributed by atoms with van der Waals surface area (Å²) in [5.41, 5.74) is 1.50. The number of carbonyl (C=O) groups excluding carboxylic acids is 1. The molecule has 54 valence electrons. The van der Waals surface area contributed by atoms with Crippen molar-refractivity contribution in [3.63, 3.8) is 0 Å². The fourth-order valence-corrected chi connectivity index (χ4v) is 1.09. The molecular weight excluding hydrogens is 130 g/mol. The van der Waals surface area contributed by atoms with E-state index in [1.165, 1.54) is 0 Å². The lowest BCUT2D eigenvalue weighted by atomic mass is 10.2. The van der Waals surface area contributed by atoms with Crippen molar-refractivity contribution in [2.45, 2.75) is 6.42 Å². The number of nitrogens with one attached hydrogen (secondary N) is 2. The maximum absolute atomic E-state index is 11.0. The Morgan fingerprint density at radius 3 is 3.40 bits per heavy atom. The molecule has 1 amide bonds. The summed E-state index contributed by atoms with van der Waals surface area (Å²) in [5, 5.41) is 2.70. The van der Waals surface area contributed by atoms with Gasteiger partial charge in [0.2, 0.25) is 0 Å². The molecule has 0 radical (unpaired) electrons. The molecule has 1 aliphatic rings.